The molecule has 1 saturated heterocycles. The number of carbonyl (C=O) groups is 2. The molecule has 26 heavy (non-hydrogen) atoms. The maximum Gasteiger partial charge on any atom is 0.335 e. The minimum Gasteiger partial charge on any atom is -0.478 e. The topological polar surface area (TPSA) is 70.0 Å². The summed E-state index contributed by atoms with van der Waals surface area (Å²) < 4.78 is 0. The van der Waals surface area contributed by atoms with E-state index in [1.807, 2.05) is 25.1 Å². The van der Waals surface area contributed by atoms with Gasteiger partial charge in [0.2, 0.25) is 0 Å². The number of carboxylic acid groups (broad SMARTS) is 1. The van der Waals surface area contributed by atoms with E-state index in [0.29, 0.717) is 27.3 Å². The van der Waals surface area contributed by atoms with Crippen LogP contribution >= 0.6 is 23.4 Å². The zero-order chi connectivity index (χ0) is 18.7. The van der Waals surface area contributed by atoms with E-state index in [9.17, 15) is 9.59 Å². The minimum atomic E-state index is -0.988. The van der Waals surface area contributed by atoms with Crippen LogP contribution < -0.4 is 0 Å². The molecule has 2 aromatic rings. The first-order chi connectivity index (χ1) is 12.5. The summed E-state index contributed by atoms with van der Waals surface area (Å²) in [5, 5.41) is 10.2. The highest BCUT2D eigenvalue weighted by atomic mass is 35.5. The first kappa shape index (κ1) is 18.2. The number of likely N-dealkylation sites (N-methyl/N-ethyl adjacent to an activating group) is 1. The molecule has 132 valence electrons. The third kappa shape index (κ3) is 3.98. The molecule has 1 N–H and O–H groups in total. The van der Waals surface area contributed by atoms with Gasteiger partial charge in [-0.05, 0) is 66.7 Å². The van der Waals surface area contributed by atoms with Crippen LogP contribution in [0.15, 0.2) is 58.4 Å². The molecule has 0 atom stereocenters. The number of aromatic carboxylic acids is 1. The van der Waals surface area contributed by atoms with Gasteiger partial charge in [0.1, 0.15) is 0 Å². The summed E-state index contributed by atoms with van der Waals surface area (Å²) in [5.74, 6) is -1.09. The largest absolute Gasteiger partial charge is 0.478 e. The Morgan fingerprint density at radius 2 is 1.85 bits per heavy atom. The number of hydrogen-bond acceptors (Lipinski definition) is 4. The summed E-state index contributed by atoms with van der Waals surface area (Å²) in [6.45, 7) is 2.38. The molecule has 0 radical (unpaired) electrons. The van der Waals surface area contributed by atoms with Crippen LogP contribution in [0.4, 0.5) is 5.69 Å². The summed E-state index contributed by atoms with van der Waals surface area (Å²) in [4.78, 5) is 30.2. The van der Waals surface area contributed by atoms with Crippen LogP contribution in [0.3, 0.4) is 0 Å². The van der Waals surface area contributed by atoms with Gasteiger partial charge in [-0.1, -0.05) is 23.7 Å². The van der Waals surface area contributed by atoms with Crippen molar-refractivity contribution in [2.24, 2.45) is 4.99 Å². The van der Waals surface area contributed by atoms with Gasteiger partial charge in [0.15, 0.2) is 5.17 Å². The van der Waals surface area contributed by atoms with E-state index in [-0.39, 0.29) is 11.5 Å². The molecule has 1 heterocycles. The average molecular weight is 387 g/mol. The lowest BCUT2D eigenvalue weighted by molar-refractivity contribution is -0.122. The molecule has 1 aliphatic rings. The number of carboxylic acids is 1. The predicted molar refractivity (Wildman–Crippen MR) is 105 cm³/mol. The number of thioether (sulfide) groups is 1. The first-order valence-electron chi connectivity index (χ1n) is 7.87. The summed E-state index contributed by atoms with van der Waals surface area (Å²) in [7, 11) is 0. The van der Waals surface area contributed by atoms with Crippen molar-refractivity contribution in [3.8, 4) is 0 Å². The van der Waals surface area contributed by atoms with Crippen LogP contribution in [0.5, 0.6) is 0 Å². The Kier molecular flexibility index (Phi) is 5.44. The minimum absolute atomic E-state index is 0.103. The summed E-state index contributed by atoms with van der Waals surface area (Å²) >= 11 is 7.18. The highest BCUT2D eigenvalue weighted by Gasteiger charge is 2.32. The van der Waals surface area contributed by atoms with Crippen molar-refractivity contribution < 1.29 is 14.7 Å². The number of carbonyl (C=O) groups excluding carboxylic acids is 1. The number of nitrogens with zero attached hydrogens (tertiary/aromatic N) is 2. The number of benzene rings is 2. The summed E-state index contributed by atoms with van der Waals surface area (Å²) in [6.07, 6.45) is 1.81. The molecular formula is C19H15ClN2O3S. The fourth-order valence-corrected chi connectivity index (χ4v) is 3.56. The second-order valence-electron chi connectivity index (χ2n) is 5.46. The van der Waals surface area contributed by atoms with Gasteiger partial charge in [0.05, 0.1) is 16.2 Å². The number of rotatable bonds is 4. The lowest BCUT2D eigenvalue weighted by atomic mass is 10.2. The molecule has 0 aliphatic carbocycles. The van der Waals surface area contributed by atoms with E-state index in [1.54, 1.807) is 29.2 Å². The fraction of sp³-hybridized carbons (Fsp3) is 0.105. The maximum absolute atomic E-state index is 12.6. The second-order valence-corrected chi connectivity index (χ2v) is 6.90. The Morgan fingerprint density at radius 3 is 2.42 bits per heavy atom. The van der Waals surface area contributed by atoms with Gasteiger partial charge in [-0.15, -0.1) is 0 Å². The zero-order valence-electron chi connectivity index (χ0n) is 13.8. The normalized spacial score (nSPS) is 17.3. The van der Waals surface area contributed by atoms with Crippen molar-refractivity contribution in [2.75, 3.05) is 6.54 Å². The molecule has 0 aromatic heterocycles. The SMILES string of the molecule is CCN1C(=O)/C(=C\c2ccc(Cl)cc2)SC1=Nc1ccc(C(=O)O)cc1. The Bertz CT molecular complexity index is 905. The van der Waals surface area contributed by atoms with Crippen molar-refractivity contribution in [2.45, 2.75) is 6.92 Å². The van der Waals surface area contributed by atoms with Crippen LogP contribution in [-0.2, 0) is 4.79 Å². The molecule has 1 amide bonds. The van der Waals surface area contributed by atoms with Crippen LogP contribution in [0.1, 0.15) is 22.8 Å². The van der Waals surface area contributed by atoms with Gasteiger partial charge in [-0.3, -0.25) is 9.69 Å². The van der Waals surface area contributed by atoms with Gasteiger partial charge in [0, 0.05) is 11.6 Å². The molecule has 0 saturated carbocycles. The fourth-order valence-electron chi connectivity index (χ4n) is 2.37. The lowest BCUT2D eigenvalue weighted by Gasteiger charge is -2.12. The van der Waals surface area contributed by atoms with Crippen molar-refractivity contribution >= 4 is 52.2 Å². The number of hydrogen-bond donors (Lipinski definition) is 1. The smallest absolute Gasteiger partial charge is 0.335 e. The van der Waals surface area contributed by atoms with Crippen LogP contribution in [-0.4, -0.2) is 33.6 Å². The van der Waals surface area contributed by atoms with Gasteiger partial charge in [-0.2, -0.15) is 0 Å². The zero-order valence-corrected chi connectivity index (χ0v) is 15.4. The van der Waals surface area contributed by atoms with Crippen molar-refractivity contribution in [1.82, 2.24) is 4.90 Å². The molecule has 2 aromatic carbocycles. The quantitative estimate of drug-likeness (QED) is 0.775. The van der Waals surface area contributed by atoms with Crippen LogP contribution in [0.2, 0.25) is 5.02 Å². The van der Waals surface area contributed by atoms with Gasteiger partial charge < -0.3 is 5.11 Å². The van der Waals surface area contributed by atoms with E-state index >= 15 is 0 Å². The molecule has 0 spiro atoms. The Balaban J connectivity index is 1.89. The van der Waals surface area contributed by atoms with Crippen LogP contribution in [0, 0.1) is 0 Å². The second kappa shape index (κ2) is 7.76. The van der Waals surface area contributed by atoms with E-state index in [4.69, 9.17) is 16.7 Å². The summed E-state index contributed by atoms with van der Waals surface area (Å²) in [6, 6.07) is 13.5. The lowest BCUT2D eigenvalue weighted by Crippen LogP contribution is -2.28. The predicted octanol–water partition coefficient (Wildman–Crippen LogP) is 4.66. The molecule has 3 rings (SSSR count). The molecule has 7 heteroatoms. The molecule has 0 bridgehead atoms. The Hall–Kier alpha value is -2.57. The third-order valence-electron chi connectivity index (χ3n) is 3.71. The first-order valence-corrected chi connectivity index (χ1v) is 9.06. The number of aliphatic imine (C=N–C) groups is 1. The van der Waals surface area contributed by atoms with Gasteiger partial charge in [0.25, 0.3) is 5.91 Å². The molecule has 5 nitrogen and oxygen atoms in total. The standard InChI is InChI=1S/C19H15ClN2O3S/c1-2-22-17(23)16(11-12-3-7-14(20)8-4-12)26-19(22)21-15-9-5-13(6-10-15)18(24)25/h3-11H,2H2,1H3,(H,24,25)/b16-11+,21-19?. The number of amidine groups is 1. The number of amides is 1. The Morgan fingerprint density at radius 1 is 1.19 bits per heavy atom. The Labute approximate surface area is 160 Å². The monoisotopic (exact) mass is 386 g/mol. The van der Waals surface area contributed by atoms with E-state index in [0.717, 1.165) is 5.56 Å². The van der Waals surface area contributed by atoms with Crippen molar-refractivity contribution in [3.63, 3.8) is 0 Å². The highest BCUT2D eigenvalue weighted by molar-refractivity contribution is 8.18. The highest BCUT2D eigenvalue weighted by Crippen LogP contribution is 2.34. The van der Waals surface area contributed by atoms with Gasteiger partial charge in [-0.25, -0.2) is 9.79 Å². The van der Waals surface area contributed by atoms with Crippen molar-refractivity contribution in [1.29, 1.82) is 0 Å². The molecule has 1 aliphatic heterocycles. The average Bonchev–Trinajstić information content (AvgIpc) is 2.92. The van der Waals surface area contributed by atoms with E-state index in [1.165, 1.54) is 23.9 Å². The third-order valence-corrected chi connectivity index (χ3v) is 4.97. The number of halogens is 1. The molecule has 0 unspecified atom stereocenters. The maximum atomic E-state index is 12.6. The van der Waals surface area contributed by atoms with E-state index < -0.39 is 5.97 Å². The van der Waals surface area contributed by atoms with Crippen LogP contribution in [0.25, 0.3) is 6.08 Å². The van der Waals surface area contributed by atoms with Gasteiger partial charge >= 0.3 is 5.97 Å². The molecule has 1 fully saturated rings. The van der Waals surface area contributed by atoms with Crippen molar-refractivity contribution in [3.05, 3.63) is 69.6 Å². The van der Waals surface area contributed by atoms with E-state index in [2.05, 4.69) is 4.99 Å². The summed E-state index contributed by atoms with van der Waals surface area (Å²) in [5.41, 5.74) is 1.67. The molecular weight excluding hydrogens is 372 g/mol.